The summed E-state index contributed by atoms with van der Waals surface area (Å²) in [4.78, 5) is 4.08. The molecule has 19 heteroatoms. The van der Waals surface area contributed by atoms with Gasteiger partial charge in [-0.15, -0.1) is 0 Å². The van der Waals surface area contributed by atoms with Gasteiger partial charge in [-0.25, -0.2) is 8.42 Å². The summed E-state index contributed by atoms with van der Waals surface area (Å²) in [6, 6.07) is 95.3. The smallest absolute Gasteiger partial charge is 0.369 e. The first-order valence-corrected chi connectivity index (χ1v) is 57.9. The molecule has 0 bridgehead atoms. The van der Waals surface area contributed by atoms with E-state index in [0.717, 1.165) is 98.2 Å². The van der Waals surface area contributed by atoms with Crippen LogP contribution in [-0.2, 0) is 40.0 Å². The van der Waals surface area contributed by atoms with Gasteiger partial charge in [0, 0.05) is 22.8 Å². The number of hydrogen-bond acceptors (Lipinski definition) is 15. The standard InChI is InChI=1S/C24H32O3.C22H36O2.C19H30O2.C18H15S.C15H24O2.C13H18F2O4S.2C10H14O/c1-6-17(2)18-11-13-19(14-12-18)26-23(24(3,4)5)27-22-15-16-25-21-10-8-7-9-20(21)22;1-7-16(2)18-12-14-19(15-13-18)23-21(22(4,5)6)24-20-11-9-8-10-17(20)3;1-5-14(2)17-10-12-18(13-11-17)20-16(4)21-19-9-7-6-8-15(19)3;1-4-10-16(11-5-1)19(17-12-6-2-7-13-17)18-14-8-3-9-15-18;1-6-12(4)14-7-9-15(10-8-14)17-13(5)16-11(2)3;1-4-9(2)11-5-7-12(8-6-11)19-10(3)13(14,15)20(16,17)18;2*1-3-8(2)9-4-6-10(11)7-5-9/h7-14,17,22-23H,6,15-16H2,1-5H3;12-17,20-21H,7-11H2,1-6H3;10-16,19H,5-9H2,1-4H3;1-15H;7-13H,6H2,1-5H3;5-10H,4H2,1-3H3,(H,16,17,18);2*4-8,11H,3H2,1-2H3/q;;;+1;;;;/p-1. The van der Waals surface area contributed by atoms with Crippen molar-refractivity contribution in [3.63, 3.8) is 0 Å². The van der Waals surface area contributed by atoms with E-state index in [2.05, 4.69) is 320 Å². The molecule has 0 saturated heterocycles. The van der Waals surface area contributed by atoms with Crippen molar-refractivity contribution in [2.75, 3.05) is 6.61 Å². The number of phenolic OH excluding ortho intramolecular Hbond substituents is 2. The third kappa shape index (κ3) is 43.4. The first-order valence-electron chi connectivity index (χ1n) is 55.3. The van der Waals surface area contributed by atoms with Gasteiger partial charge >= 0.3 is 5.25 Å². The largest absolute Gasteiger partial charge is 0.743 e. The molecule has 0 aromatic heterocycles. The molecule has 2 fully saturated rings. The Bertz CT molecular complexity index is 5430. The maximum absolute atomic E-state index is 13.2. The van der Waals surface area contributed by atoms with Crippen LogP contribution in [0.15, 0.2) is 300 Å². The van der Waals surface area contributed by atoms with Crippen molar-refractivity contribution in [1.29, 1.82) is 0 Å². The van der Waals surface area contributed by atoms with Gasteiger partial charge in [0.15, 0.2) is 43.5 Å². The predicted octanol–water partition coefficient (Wildman–Crippen LogP) is 36.6. The monoisotopic (exact) mass is 2100 g/mol. The van der Waals surface area contributed by atoms with Crippen molar-refractivity contribution in [1.82, 2.24) is 0 Å². The maximum Gasteiger partial charge on any atom is 0.369 e. The third-order valence-corrected chi connectivity index (χ3v) is 31.6. The van der Waals surface area contributed by atoms with Gasteiger partial charge in [0.1, 0.15) is 46.0 Å². The summed E-state index contributed by atoms with van der Waals surface area (Å²) in [5.41, 5.74) is 9.97. The summed E-state index contributed by atoms with van der Waals surface area (Å²) >= 11 is 0. The van der Waals surface area contributed by atoms with Crippen LogP contribution < -0.4 is 28.4 Å². The van der Waals surface area contributed by atoms with Gasteiger partial charge in [0.05, 0.1) is 41.9 Å². The average molecular weight is 2100 g/mol. The molecule has 0 radical (unpaired) electrons. The van der Waals surface area contributed by atoms with E-state index in [0.29, 0.717) is 83.6 Å². The molecule has 2 saturated carbocycles. The van der Waals surface area contributed by atoms with Gasteiger partial charge in [-0.1, -0.05) is 336 Å². The molecule has 14 rings (SSSR count). The first-order chi connectivity index (χ1) is 71.3. The molecule has 2 aliphatic carbocycles. The first kappa shape index (κ1) is 127. The van der Waals surface area contributed by atoms with Crippen LogP contribution in [0.4, 0.5) is 8.78 Å². The zero-order valence-corrected chi connectivity index (χ0v) is 97.0. The topological polar surface area (TPSA) is 190 Å². The summed E-state index contributed by atoms with van der Waals surface area (Å²) in [7, 11) is -5.77. The van der Waals surface area contributed by atoms with E-state index in [1.807, 2.05) is 96.1 Å². The molecule has 17 atom stereocenters. The molecule has 1 heterocycles. The molecule has 11 aromatic carbocycles. The Balaban J connectivity index is 0.000000235. The van der Waals surface area contributed by atoms with Crippen molar-refractivity contribution >= 4 is 21.0 Å². The molecule has 2 N–H and O–H groups in total. The quantitative estimate of drug-likeness (QED) is 0.0212. The van der Waals surface area contributed by atoms with E-state index in [9.17, 15) is 21.8 Å². The third-order valence-electron chi connectivity index (χ3n) is 28.4. The highest BCUT2D eigenvalue weighted by Crippen LogP contribution is 2.42. The Morgan fingerprint density at radius 2 is 0.620 bits per heavy atom. The van der Waals surface area contributed by atoms with Crippen molar-refractivity contribution < 1.29 is 79.3 Å². The van der Waals surface area contributed by atoms with Crippen LogP contribution in [0.5, 0.6) is 46.0 Å². The van der Waals surface area contributed by atoms with E-state index in [1.165, 1.54) is 112 Å². The summed E-state index contributed by atoms with van der Waals surface area (Å²) in [5.74, 6) is 10.4. The fourth-order valence-corrected chi connectivity index (χ4v) is 19.6. The second kappa shape index (κ2) is 64.7. The Morgan fingerprint density at radius 3 is 0.920 bits per heavy atom. The molecule has 17 unspecified atom stereocenters. The van der Waals surface area contributed by atoms with Gasteiger partial charge in [-0.3, -0.25) is 0 Å². The van der Waals surface area contributed by atoms with Crippen molar-refractivity contribution in [3.8, 4) is 46.0 Å². The average Bonchev–Trinajstić information content (AvgIpc) is 0.805. The number of halogens is 2. The van der Waals surface area contributed by atoms with E-state index in [1.54, 1.807) is 36.4 Å². The van der Waals surface area contributed by atoms with Crippen LogP contribution in [0.1, 0.15) is 382 Å². The molecule has 822 valence electrons. The van der Waals surface area contributed by atoms with Crippen molar-refractivity contribution in [2.45, 2.75) is 407 Å². The van der Waals surface area contributed by atoms with Gasteiger partial charge in [-0.05, 0) is 325 Å². The lowest BCUT2D eigenvalue weighted by Crippen LogP contribution is -2.42. The number of aromatic hydroxyl groups is 2. The Labute approximate surface area is 906 Å². The van der Waals surface area contributed by atoms with E-state index < -0.39 is 21.5 Å². The number of rotatable bonds is 37. The van der Waals surface area contributed by atoms with E-state index in [4.69, 9.17) is 57.6 Å². The predicted molar refractivity (Wildman–Crippen MR) is 615 cm³/mol. The lowest BCUT2D eigenvalue weighted by molar-refractivity contribution is -0.188. The highest BCUT2D eigenvalue weighted by Gasteiger charge is 2.46. The highest BCUT2D eigenvalue weighted by molar-refractivity contribution is 7.97. The Morgan fingerprint density at radius 1 is 0.347 bits per heavy atom. The number of para-hydroxylation sites is 1. The zero-order chi connectivity index (χ0) is 110. The summed E-state index contributed by atoms with van der Waals surface area (Å²) in [6.07, 6.45) is 16.6. The Hall–Kier alpha value is -10.2. The number of hydrogen-bond donors (Lipinski definition) is 2. The Kier molecular flexibility index (Phi) is 54.6. The van der Waals surface area contributed by atoms with Gasteiger partial charge in [-0.2, -0.15) is 8.78 Å². The fourth-order valence-electron chi connectivity index (χ4n) is 17.0. The SMILES string of the molecule is CCC(C)c1ccc(O)cc1.CCC(C)c1ccc(O)cc1.CCC(C)c1ccc(OC(C)C(F)(F)S(=O)(=O)[O-])cc1.CCC(C)c1ccc(OC(C)OC(C)C)cc1.CCC(C)c1ccc(OC(C)OC2CCCCC2C)cc1.CCC(C)c1ccc(OC(OC2CCCCC2C)C(C)(C)C)cc1.CCC(C)c1ccc(OC(OC2CCOc3ccccc32)C(C)(C)C)cc1.c1ccc([S+](c2ccccc2)c2ccccc2)cc1. The second-order valence-electron chi connectivity index (χ2n) is 43.1. The minimum Gasteiger partial charge on any atom is -0.743 e. The summed E-state index contributed by atoms with van der Waals surface area (Å²) in [6.45, 7) is 57.7. The van der Waals surface area contributed by atoms with Crippen LogP contribution in [0.3, 0.4) is 0 Å². The van der Waals surface area contributed by atoms with Crippen LogP contribution in [-0.4, -0.2) is 84.6 Å². The number of ether oxygens (including phenoxy) is 10. The molecule has 15 nitrogen and oxygen atoms in total. The molecule has 1 aliphatic heterocycles. The number of alkyl halides is 2. The molecule has 150 heavy (non-hydrogen) atoms. The maximum atomic E-state index is 13.2. The molecular weight excluding hydrogens is 1920 g/mol. The fraction of sp³-hybridized carbons (Fsp3) is 0.496. The van der Waals surface area contributed by atoms with Gasteiger partial charge < -0.3 is 62.1 Å². The molecule has 0 spiro atoms. The summed E-state index contributed by atoms with van der Waals surface area (Å²) in [5, 5.41) is 13.6. The lowest BCUT2D eigenvalue weighted by atomic mass is 9.87. The highest BCUT2D eigenvalue weighted by atomic mass is 32.2. The van der Waals surface area contributed by atoms with Crippen molar-refractivity contribution in [3.05, 3.63) is 330 Å². The lowest BCUT2D eigenvalue weighted by Gasteiger charge is -2.37. The second-order valence-corrected chi connectivity index (χ2v) is 46.6. The number of phenols is 2. The molecule has 11 aromatic rings. The van der Waals surface area contributed by atoms with Gasteiger partial charge in [0.25, 0.3) is 0 Å². The normalized spacial score (nSPS) is 17.9. The van der Waals surface area contributed by atoms with Crippen LogP contribution in [0.25, 0.3) is 0 Å². The van der Waals surface area contributed by atoms with E-state index in [-0.39, 0.29) is 64.8 Å². The van der Waals surface area contributed by atoms with Crippen LogP contribution in [0, 0.1) is 22.7 Å². The van der Waals surface area contributed by atoms with Gasteiger partial charge in [0.2, 0.25) is 12.6 Å². The molecule has 0 amide bonds. The number of fused-ring (bicyclic) bond motifs is 1. The number of benzene rings is 11. The zero-order valence-electron chi connectivity index (χ0n) is 95.3. The minimum absolute atomic E-state index is 0.0146. The van der Waals surface area contributed by atoms with Crippen LogP contribution >= 0.6 is 0 Å². The van der Waals surface area contributed by atoms with Crippen LogP contribution in [0.2, 0.25) is 0 Å². The molecular formula is C131H182F2O15S2. The minimum atomic E-state index is -5.76. The van der Waals surface area contributed by atoms with Crippen molar-refractivity contribution in [2.24, 2.45) is 22.7 Å². The van der Waals surface area contributed by atoms with E-state index >= 15 is 0 Å². The molecule has 3 aliphatic rings. The summed E-state index contributed by atoms with van der Waals surface area (Å²) < 4.78 is 117.